The number of hydrogen-bond donors (Lipinski definition) is 0. The third-order valence-corrected chi connectivity index (χ3v) is 5.25. The standard InChI is InChI=1S/C16H19BrN4O2/c1-10-2-7-14-16(22)23-13(8-19-20-18)9-21(14)15(10)11-3-5-12(17)6-4-11/h3-6,10,13-15H,2,7-9H2,1H3/t10-,13-,14?,15-/m0/s1. The van der Waals surface area contributed by atoms with Gasteiger partial charge in [0.15, 0.2) is 0 Å². The van der Waals surface area contributed by atoms with Crippen LogP contribution < -0.4 is 0 Å². The average Bonchev–Trinajstić information content (AvgIpc) is 2.54. The molecular formula is C16H19BrN4O2. The molecule has 0 radical (unpaired) electrons. The van der Waals surface area contributed by atoms with Crippen LogP contribution in [0.15, 0.2) is 33.9 Å². The number of nitrogens with zero attached hydrogens (tertiary/aromatic N) is 4. The normalized spacial score (nSPS) is 31.0. The van der Waals surface area contributed by atoms with Gasteiger partial charge in [-0.15, -0.1) is 0 Å². The van der Waals surface area contributed by atoms with Crippen molar-refractivity contribution in [2.45, 2.75) is 38.0 Å². The fraction of sp³-hybridized carbons (Fsp3) is 0.562. The van der Waals surface area contributed by atoms with Crippen molar-refractivity contribution in [3.8, 4) is 0 Å². The molecule has 0 saturated carbocycles. The minimum atomic E-state index is -0.363. The zero-order valence-corrected chi connectivity index (χ0v) is 14.5. The SMILES string of the molecule is C[C@H]1CCC2C(=O)O[C@@H](CN=[N+]=[N-])CN2[C@@H]1c1ccc(Br)cc1. The highest BCUT2D eigenvalue weighted by atomic mass is 79.9. The van der Waals surface area contributed by atoms with E-state index in [9.17, 15) is 4.79 Å². The van der Waals surface area contributed by atoms with E-state index in [1.165, 1.54) is 5.56 Å². The molecule has 0 bridgehead atoms. The third kappa shape index (κ3) is 3.37. The van der Waals surface area contributed by atoms with Gasteiger partial charge in [-0.1, -0.05) is 40.1 Å². The number of fused-ring (bicyclic) bond motifs is 1. The molecule has 7 heteroatoms. The Morgan fingerprint density at radius 3 is 2.83 bits per heavy atom. The van der Waals surface area contributed by atoms with Gasteiger partial charge in [0.05, 0.1) is 6.54 Å². The van der Waals surface area contributed by atoms with Crippen LogP contribution in [0.5, 0.6) is 0 Å². The van der Waals surface area contributed by atoms with E-state index >= 15 is 0 Å². The van der Waals surface area contributed by atoms with Crippen LogP contribution in [0.3, 0.4) is 0 Å². The van der Waals surface area contributed by atoms with Gasteiger partial charge in [0, 0.05) is 22.0 Å². The molecule has 0 aliphatic carbocycles. The van der Waals surface area contributed by atoms with Crippen molar-refractivity contribution in [1.29, 1.82) is 0 Å². The Morgan fingerprint density at radius 2 is 2.13 bits per heavy atom. The van der Waals surface area contributed by atoms with E-state index in [0.717, 1.165) is 17.3 Å². The number of esters is 1. The second-order valence-electron chi connectivity index (χ2n) is 6.24. The van der Waals surface area contributed by atoms with Gasteiger partial charge in [0.25, 0.3) is 0 Å². The Bertz CT molecular complexity index is 629. The molecule has 1 aromatic carbocycles. The summed E-state index contributed by atoms with van der Waals surface area (Å²) in [4.78, 5) is 17.3. The van der Waals surface area contributed by atoms with Crippen molar-refractivity contribution in [2.75, 3.05) is 13.1 Å². The number of cyclic esters (lactones) is 1. The van der Waals surface area contributed by atoms with Crippen LogP contribution in [0.1, 0.15) is 31.4 Å². The van der Waals surface area contributed by atoms with Gasteiger partial charge in [-0.3, -0.25) is 9.69 Å². The Balaban J connectivity index is 1.88. The second-order valence-corrected chi connectivity index (χ2v) is 7.15. The van der Waals surface area contributed by atoms with Crippen LogP contribution in [0, 0.1) is 5.92 Å². The number of hydrogen-bond acceptors (Lipinski definition) is 4. The molecule has 4 atom stereocenters. The third-order valence-electron chi connectivity index (χ3n) is 4.72. The number of carbonyl (C=O) groups excluding carboxylic acids is 1. The summed E-state index contributed by atoms with van der Waals surface area (Å²) in [6.07, 6.45) is 1.46. The second kappa shape index (κ2) is 6.91. The first-order valence-corrected chi connectivity index (χ1v) is 8.62. The van der Waals surface area contributed by atoms with Crippen molar-refractivity contribution >= 4 is 21.9 Å². The lowest BCUT2D eigenvalue weighted by Crippen LogP contribution is -2.57. The molecule has 2 aliphatic heterocycles. The van der Waals surface area contributed by atoms with E-state index in [-0.39, 0.29) is 30.7 Å². The van der Waals surface area contributed by atoms with E-state index in [4.69, 9.17) is 10.3 Å². The number of azide groups is 1. The van der Waals surface area contributed by atoms with Gasteiger partial charge in [-0.2, -0.15) is 0 Å². The summed E-state index contributed by atoms with van der Waals surface area (Å²) in [5.41, 5.74) is 9.70. The predicted molar refractivity (Wildman–Crippen MR) is 89.7 cm³/mol. The highest BCUT2D eigenvalue weighted by Gasteiger charge is 2.44. The maximum absolute atomic E-state index is 12.3. The molecule has 1 aromatic rings. The molecule has 122 valence electrons. The molecule has 23 heavy (non-hydrogen) atoms. The Morgan fingerprint density at radius 1 is 1.39 bits per heavy atom. The van der Waals surface area contributed by atoms with Crippen molar-refractivity contribution in [1.82, 2.24) is 4.90 Å². The summed E-state index contributed by atoms with van der Waals surface area (Å²) < 4.78 is 6.49. The summed E-state index contributed by atoms with van der Waals surface area (Å²) >= 11 is 3.47. The van der Waals surface area contributed by atoms with Crippen LogP contribution in [-0.4, -0.2) is 36.1 Å². The van der Waals surface area contributed by atoms with Crippen LogP contribution >= 0.6 is 15.9 Å². The number of benzene rings is 1. The highest BCUT2D eigenvalue weighted by molar-refractivity contribution is 9.10. The molecule has 0 spiro atoms. The monoisotopic (exact) mass is 378 g/mol. The van der Waals surface area contributed by atoms with Crippen molar-refractivity contribution in [2.24, 2.45) is 11.0 Å². The number of halogens is 1. The molecule has 2 aliphatic rings. The Hall–Kier alpha value is -1.56. The smallest absolute Gasteiger partial charge is 0.323 e. The lowest BCUT2D eigenvalue weighted by Gasteiger charge is -2.48. The van der Waals surface area contributed by atoms with Crippen LogP contribution in [0.4, 0.5) is 0 Å². The molecular weight excluding hydrogens is 360 g/mol. The number of ether oxygens (including phenoxy) is 1. The number of rotatable bonds is 3. The van der Waals surface area contributed by atoms with Gasteiger partial charge in [0.2, 0.25) is 0 Å². The Kier molecular flexibility index (Phi) is 4.90. The minimum absolute atomic E-state index is 0.184. The van der Waals surface area contributed by atoms with Gasteiger partial charge < -0.3 is 4.74 Å². The number of piperidine rings is 1. The lowest BCUT2D eigenvalue weighted by molar-refractivity contribution is -0.173. The maximum Gasteiger partial charge on any atom is 0.323 e. The lowest BCUT2D eigenvalue weighted by atomic mass is 9.82. The molecule has 6 nitrogen and oxygen atoms in total. The summed E-state index contributed by atoms with van der Waals surface area (Å²) in [5.74, 6) is 0.266. The quantitative estimate of drug-likeness (QED) is 0.347. The largest absolute Gasteiger partial charge is 0.460 e. The van der Waals surface area contributed by atoms with E-state index in [1.54, 1.807) is 0 Å². The summed E-state index contributed by atoms with van der Waals surface area (Å²) in [6, 6.07) is 8.27. The van der Waals surface area contributed by atoms with E-state index in [2.05, 4.69) is 49.9 Å². The van der Waals surface area contributed by atoms with E-state index < -0.39 is 0 Å². The van der Waals surface area contributed by atoms with E-state index in [0.29, 0.717) is 12.5 Å². The molecule has 3 rings (SSSR count). The number of morpholine rings is 1. The molecule has 1 unspecified atom stereocenters. The van der Waals surface area contributed by atoms with Gasteiger partial charge in [0.1, 0.15) is 12.1 Å². The fourth-order valence-corrected chi connectivity index (χ4v) is 3.94. The van der Waals surface area contributed by atoms with Crippen molar-refractivity contribution in [3.63, 3.8) is 0 Å². The molecule has 0 N–H and O–H groups in total. The molecule has 2 fully saturated rings. The molecule has 0 aromatic heterocycles. The van der Waals surface area contributed by atoms with E-state index in [1.807, 2.05) is 12.1 Å². The minimum Gasteiger partial charge on any atom is -0.460 e. The topological polar surface area (TPSA) is 78.3 Å². The molecule has 0 amide bonds. The first kappa shape index (κ1) is 16.3. The zero-order chi connectivity index (χ0) is 16.4. The summed E-state index contributed by atoms with van der Waals surface area (Å²) in [7, 11) is 0. The van der Waals surface area contributed by atoms with Crippen LogP contribution in [0.25, 0.3) is 10.4 Å². The van der Waals surface area contributed by atoms with Crippen LogP contribution in [0.2, 0.25) is 0 Å². The predicted octanol–water partition coefficient (Wildman–Crippen LogP) is 3.83. The Labute approximate surface area is 143 Å². The summed E-state index contributed by atoms with van der Waals surface area (Å²) in [6.45, 7) is 3.03. The van der Waals surface area contributed by atoms with Crippen molar-refractivity contribution < 1.29 is 9.53 Å². The van der Waals surface area contributed by atoms with Crippen molar-refractivity contribution in [3.05, 3.63) is 44.7 Å². The van der Waals surface area contributed by atoms with Crippen LogP contribution in [-0.2, 0) is 9.53 Å². The number of carbonyl (C=O) groups is 1. The first-order chi connectivity index (χ1) is 11.1. The summed E-state index contributed by atoms with van der Waals surface area (Å²) in [5, 5.41) is 3.57. The molecule has 2 heterocycles. The first-order valence-electron chi connectivity index (χ1n) is 7.82. The highest BCUT2D eigenvalue weighted by Crippen LogP contribution is 2.41. The van der Waals surface area contributed by atoms with Gasteiger partial charge in [-0.05, 0) is 42.0 Å². The zero-order valence-electron chi connectivity index (χ0n) is 12.9. The van der Waals surface area contributed by atoms with Gasteiger partial charge in [-0.25, -0.2) is 0 Å². The van der Waals surface area contributed by atoms with Gasteiger partial charge >= 0.3 is 5.97 Å². The molecule has 2 saturated heterocycles. The fourth-order valence-electron chi connectivity index (χ4n) is 3.68. The maximum atomic E-state index is 12.3. The average molecular weight is 379 g/mol.